The van der Waals surface area contributed by atoms with Crippen LogP contribution < -0.4 is 16.8 Å². The Bertz CT molecular complexity index is 1500. The fourth-order valence-corrected chi connectivity index (χ4v) is 4.47. The molecule has 0 spiro atoms. The molecule has 200 valence electrons. The molecule has 1 heterocycles. The van der Waals surface area contributed by atoms with Crippen LogP contribution in [-0.4, -0.2) is 29.2 Å². The summed E-state index contributed by atoms with van der Waals surface area (Å²) in [6.45, 7) is 2.73. The lowest BCUT2D eigenvalue weighted by atomic mass is 10.0. The maximum Gasteiger partial charge on any atom is 0.419 e. The largest absolute Gasteiger partial charge is 0.456 e. The Morgan fingerprint density at radius 1 is 1.11 bits per heavy atom. The molecule has 0 aliphatic rings. The first-order chi connectivity index (χ1) is 18.1. The number of ether oxygens (including phenoxy) is 1. The molecule has 7 nitrogen and oxygen atoms in total. The first-order valence-electron chi connectivity index (χ1n) is 12.1. The highest BCUT2D eigenvalue weighted by Gasteiger charge is 2.26. The number of aromatic nitrogens is 1. The third kappa shape index (κ3) is 6.48. The quantitative estimate of drug-likeness (QED) is 0.286. The number of esters is 1. The predicted octanol–water partition coefficient (Wildman–Crippen LogP) is 4.51. The number of nitrogens with two attached hydrogens (primary N) is 1. The minimum atomic E-state index is -0.872. The van der Waals surface area contributed by atoms with E-state index in [2.05, 4.69) is 18.3 Å². The highest BCUT2D eigenvalue weighted by atomic mass is 35.5. The third-order valence-corrected chi connectivity index (χ3v) is 6.62. The summed E-state index contributed by atoms with van der Waals surface area (Å²) in [5.41, 5.74) is 9.60. The van der Waals surface area contributed by atoms with Gasteiger partial charge in [-0.15, -0.1) is 0 Å². The van der Waals surface area contributed by atoms with Crippen LogP contribution in [0.25, 0.3) is 11.1 Å². The summed E-state index contributed by atoms with van der Waals surface area (Å²) in [5, 5.41) is 3.30. The minimum absolute atomic E-state index is 0.0280. The number of carbonyl (C=O) groups excluding carboxylic acids is 1. The summed E-state index contributed by atoms with van der Waals surface area (Å²) in [6, 6.07) is 13.2. The van der Waals surface area contributed by atoms with Crippen molar-refractivity contribution in [1.29, 1.82) is 0 Å². The average Bonchev–Trinajstić information content (AvgIpc) is 3.14. The number of halogens is 3. The van der Waals surface area contributed by atoms with Gasteiger partial charge in [0.25, 0.3) is 0 Å². The Hall–Kier alpha value is -3.53. The molecule has 0 saturated heterocycles. The lowest BCUT2D eigenvalue weighted by molar-refractivity contribution is 0.0238. The van der Waals surface area contributed by atoms with Crippen LogP contribution in [0, 0.1) is 11.6 Å². The van der Waals surface area contributed by atoms with Crippen LogP contribution in [0.15, 0.2) is 63.8 Å². The van der Waals surface area contributed by atoms with Crippen LogP contribution in [0.2, 0.25) is 5.02 Å². The number of nitrogens with zero attached hydrogens (tertiary/aromatic N) is 1. The molecule has 4 rings (SSSR count). The average molecular weight is 544 g/mol. The highest BCUT2D eigenvalue weighted by Crippen LogP contribution is 2.25. The van der Waals surface area contributed by atoms with Crippen molar-refractivity contribution in [2.45, 2.75) is 38.5 Å². The van der Waals surface area contributed by atoms with Gasteiger partial charge in [-0.25, -0.2) is 18.4 Å². The highest BCUT2D eigenvalue weighted by molar-refractivity contribution is 6.34. The molecular weight excluding hydrogens is 516 g/mol. The van der Waals surface area contributed by atoms with Crippen LogP contribution in [-0.2, 0) is 31.2 Å². The molecular formula is C28H28ClF2N3O4. The molecule has 0 saturated carbocycles. The monoisotopic (exact) mass is 543 g/mol. The van der Waals surface area contributed by atoms with Crippen molar-refractivity contribution in [3.63, 3.8) is 0 Å². The van der Waals surface area contributed by atoms with E-state index < -0.39 is 35.5 Å². The first kappa shape index (κ1) is 27.5. The van der Waals surface area contributed by atoms with Crippen molar-refractivity contribution in [2.24, 2.45) is 12.8 Å². The molecule has 0 fully saturated rings. The van der Waals surface area contributed by atoms with Gasteiger partial charge < -0.3 is 20.2 Å². The summed E-state index contributed by atoms with van der Waals surface area (Å²) in [4.78, 5) is 25.0. The van der Waals surface area contributed by atoms with E-state index in [1.165, 1.54) is 41.4 Å². The lowest BCUT2D eigenvalue weighted by Gasteiger charge is -2.25. The Kier molecular flexibility index (Phi) is 8.61. The maximum absolute atomic E-state index is 13.7. The molecule has 10 heteroatoms. The van der Waals surface area contributed by atoms with Crippen LogP contribution in [0.5, 0.6) is 0 Å². The number of aryl methyl sites for hydroxylation is 2. The van der Waals surface area contributed by atoms with Gasteiger partial charge in [0, 0.05) is 38.3 Å². The fraction of sp³-hybridized carbons (Fsp3) is 0.286. The van der Waals surface area contributed by atoms with Gasteiger partial charge in [-0.3, -0.25) is 4.57 Å². The molecule has 1 aromatic heterocycles. The van der Waals surface area contributed by atoms with Crippen molar-refractivity contribution >= 4 is 28.7 Å². The van der Waals surface area contributed by atoms with E-state index in [9.17, 15) is 18.4 Å². The summed E-state index contributed by atoms with van der Waals surface area (Å²) in [7, 11) is 1.51. The molecule has 0 amide bonds. The Labute approximate surface area is 223 Å². The fourth-order valence-electron chi connectivity index (χ4n) is 4.24. The number of rotatable bonds is 10. The first-order valence-corrected chi connectivity index (χ1v) is 12.5. The second-order valence-corrected chi connectivity index (χ2v) is 9.53. The number of hydrogen-bond acceptors (Lipinski definition) is 6. The summed E-state index contributed by atoms with van der Waals surface area (Å²) < 4.78 is 39.6. The summed E-state index contributed by atoms with van der Waals surface area (Å²) in [5.74, 6) is -2.80. The molecule has 0 aliphatic carbocycles. The molecule has 0 bridgehead atoms. The molecule has 0 radical (unpaired) electrons. The van der Waals surface area contributed by atoms with E-state index >= 15 is 0 Å². The Morgan fingerprint density at radius 3 is 2.53 bits per heavy atom. The lowest BCUT2D eigenvalue weighted by Crippen LogP contribution is -2.46. The molecule has 38 heavy (non-hydrogen) atoms. The Balaban J connectivity index is 1.55. The number of fused-ring (bicyclic) bond motifs is 1. The maximum atomic E-state index is 13.7. The molecule has 3 aromatic carbocycles. The van der Waals surface area contributed by atoms with E-state index in [-0.39, 0.29) is 29.1 Å². The van der Waals surface area contributed by atoms with Crippen molar-refractivity contribution in [3.8, 4) is 0 Å². The van der Waals surface area contributed by atoms with Crippen LogP contribution in [0.4, 0.5) is 8.78 Å². The Morgan fingerprint density at radius 2 is 1.82 bits per heavy atom. The smallest absolute Gasteiger partial charge is 0.419 e. The minimum Gasteiger partial charge on any atom is -0.456 e. The molecule has 4 aromatic rings. The summed E-state index contributed by atoms with van der Waals surface area (Å²) in [6.07, 6.45) is 0.0854. The van der Waals surface area contributed by atoms with Gasteiger partial charge in [0.05, 0.1) is 16.1 Å². The zero-order chi connectivity index (χ0) is 27.4. The van der Waals surface area contributed by atoms with Crippen LogP contribution >= 0.6 is 11.6 Å². The van der Waals surface area contributed by atoms with Gasteiger partial charge in [-0.05, 0) is 47.7 Å². The molecule has 0 aliphatic heterocycles. The van der Waals surface area contributed by atoms with Crippen molar-refractivity contribution in [3.05, 3.63) is 104 Å². The van der Waals surface area contributed by atoms with Gasteiger partial charge in [-0.1, -0.05) is 42.8 Å². The van der Waals surface area contributed by atoms with Crippen molar-refractivity contribution in [1.82, 2.24) is 9.88 Å². The second-order valence-electron chi connectivity index (χ2n) is 9.12. The number of oxazole rings is 1. The van der Waals surface area contributed by atoms with E-state index in [4.69, 9.17) is 26.5 Å². The zero-order valence-electron chi connectivity index (χ0n) is 21.0. The zero-order valence-corrected chi connectivity index (χ0v) is 21.7. The topological polar surface area (TPSA) is 99.5 Å². The summed E-state index contributed by atoms with van der Waals surface area (Å²) >= 11 is 6.30. The number of carbonyl (C=O) groups is 1. The van der Waals surface area contributed by atoms with Crippen molar-refractivity contribution < 1.29 is 22.7 Å². The molecule has 3 N–H and O–H groups in total. The molecule has 2 atom stereocenters. The third-order valence-electron chi connectivity index (χ3n) is 6.31. The normalized spacial score (nSPS) is 13.0. The van der Waals surface area contributed by atoms with Gasteiger partial charge in [0.2, 0.25) is 0 Å². The van der Waals surface area contributed by atoms with Gasteiger partial charge in [0.15, 0.2) is 5.58 Å². The molecule has 0 unspecified atom stereocenters. The van der Waals surface area contributed by atoms with Crippen LogP contribution in [0.1, 0.15) is 34.0 Å². The number of nitrogens with one attached hydrogen (secondary N) is 1. The SMILES string of the molecule is CCc1cccc(CNC[C@@H](OC(=O)c2cc3c(cc2Cl)oc(=O)n3C)[C@@H](N)Cc2cc(F)cc(F)c2)c1. The van der Waals surface area contributed by atoms with Crippen LogP contribution in [0.3, 0.4) is 0 Å². The number of hydrogen-bond donors (Lipinski definition) is 2. The standard InChI is InChI=1S/C28H28ClF2N3O4/c1-3-16-5-4-6-17(7-16)14-33-15-26(23(32)10-18-8-19(30)11-20(31)9-18)37-27(35)21-12-24-25(13-22(21)29)38-28(36)34(24)2/h4-9,11-13,23,26,33H,3,10,14-15,32H2,1-2H3/t23-,26+/m0/s1. The van der Waals surface area contributed by atoms with Gasteiger partial charge in [0.1, 0.15) is 17.7 Å². The second kappa shape index (κ2) is 11.9. The van der Waals surface area contributed by atoms with Gasteiger partial charge in [-0.2, -0.15) is 0 Å². The predicted molar refractivity (Wildman–Crippen MR) is 141 cm³/mol. The van der Waals surface area contributed by atoms with E-state index in [0.717, 1.165) is 18.1 Å². The van der Waals surface area contributed by atoms with E-state index in [1.54, 1.807) is 0 Å². The van der Waals surface area contributed by atoms with Gasteiger partial charge >= 0.3 is 11.7 Å². The number of benzene rings is 3. The van der Waals surface area contributed by atoms with E-state index in [1.807, 2.05) is 18.2 Å². The van der Waals surface area contributed by atoms with E-state index in [0.29, 0.717) is 17.6 Å². The van der Waals surface area contributed by atoms with Crippen molar-refractivity contribution in [2.75, 3.05) is 6.54 Å².